The Bertz CT molecular complexity index is 585. The third-order valence-electron chi connectivity index (χ3n) is 4.65. The van der Waals surface area contributed by atoms with Crippen LogP contribution in [-0.4, -0.2) is 49.7 Å². The van der Waals surface area contributed by atoms with E-state index in [0.717, 1.165) is 36.8 Å². The first-order valence-electron chi connectivity index (χ1n) is 8.19. The fourth-order valence-electron chi connectivity index (χ4n) is 3.59. The maximum atomic E-state index is 13.1. The van der Waals surface area contributed by atoms with Gasteiger partial charge in [-0.2, -0.15) is 0 Å². The van der Waals surface area contributed by atoms with Gasteiger partial charge >= 0.3 is 0 Å². The summed E-state index contributed by atoms with van der Waals surface area (Å²) in [5, 5.41) is 3.43. The SMILES string of the molecule is CCOc1c(Br)cc(C(=O)N2C3CCNCC2CC3)cc1OC.Cl. The molecule has 5 nitrogen and oxygen atoms in total. The molecule has 2 aliphatic rings. The smallest absolute Gasteiger partial charge is 0.254 e. The van der Waals surface area contributed by atoms with Gasteiger partial charge in [0.05, 0.1) is 18.2 Å². The van der Waals surface area contributed by atoms with Crippen molar-refractivity contribution in [1.29, 1.82) is 0 Å². The van der Waals surface area contributed by atoms with Crippen LogP contribution in [0.3, 0.4) is 0 Å². The molecule has 0 radical (unpaired) electrons. The van der Waals surface area contributed by atoms with Crippen molar-refractivity contribution in [3.05, 3.63) is 22.2 Å². The molecule has 2 fully saturated rings. The lowest BCUT2D eigenvalue weighted by Crippen LogP contribution is -2.42. The molecule has 2 atom stereocenters. The van der Waals surface area contributed by atoms with E-state index in [-0.39, 0.29) is 18.3 Å². The van der Waals surface area contributed by atoms with Crippen molar-refractivity contribution in [2.75, 3.05) is 26.8 Å². The lowest BCUT2D eigenvalue weighted by molar-refractivity contribution is 0.0679. The van der Waals surface area contributed by atoms with Crippen molar-refractivity contribution in [2.45, 2.75) is 38.3 Å². The van der Waals surface area contributed by atoms with Gasteiger partial charge in [0, 0.05) is 24.2 Å². The molecule has 1 N–H and O–H groups in total. The summed E-state index contributed by atoms with van der Waals surface area (Å²) in [7, 11) is 1.60. The molecule has 2 aliphatic heterocycles. The summed E-state index contributed by atoms with van der Waals surface area (Å²) in [6, 6.07) is 4.27. The predicted octanol–water partition coefficient (Wildman–Crippen LogP) is 3.24. The molecular formula is C17H24BrClN2O3. The van der Waals surface area contributed by atoms with E-state index in [1.165, 1.54) is 0 Å². The third kappa shape index (κ3) is 3.65. The summed E-state index contributed by atoms with van der Waals surface area (Å²) < 4.78 is 11.8. The number of carbonyl (C=O) groups excluding carboxylic acids is 1. The zero-order valence-corrected chi connectivity index (χ0v) is 16.4. The van der Waals surface area contributed by atoms with Crippen molar-refractivity contribution in [3.8, 4) is 11.5 Å². The van der Waals surface area contributed by atoms with Crippen molar-refractivity contribution in [3.63, 3.8) is 0 Å². The molecule has 0 saturated carbocycles. The lowest BCUT2D eigenvalue weighted by Gasteiger charge is -2.28. The molecule has 1 aromatic rings. The molecule has 1 amide bonds. The van der Waals surface area contributed by atoms with Crippen molar-refractivity contribution >= 4 is 34.2 Å². The summed E-state index contributed by atoms with van der Waals surface area (Å²) >= 11 is 3.51. The summed E-state index contributed by atoms with van der Waals surface area (Å²) in [4.78, 5) is 15.2. The van der Waals surface area contributed by atoms with Gasteiger partial charge in [-0.3, -0.25) is 4.79 Å². The van der Waals surface area contributed by atoms with E-state index in [0.29, 0.717) is 35.8 Å². The number of hydrogen-bond acceptors (Lipinski definition) is 4. The summed E-state index contributed by atoms with van der Waals surface area (Å²) in [6.07, 6.45) is 3.21. The molecular weight excluding hydrogens is 396 g/mol. The van der Waals surface area contributed by atoms with Gasteiger partial charge in [0.15, 0.2) is 11.5 Å². The zero-order valence-electron chi connectivity index (χ0n) is 14.0. The minimum Gasteiger partial charge on any atom is -0.493 e. The maximum absolute atomic E-state index is 13.1. The van der Waals surface area contributed by atoms with E-state index in [1.54, 1.807) is 13.2 Å². The number of rotatable bonds is 4. The maximum Gasteiger partial charge on any atom is 0.254 e. The highest BCUT2D eigenvalue weighted by atomic mass is 79.9. The van der Waals surface area contributed by atoms with E-state index in [2.05, 4.69) is 26.1 Å². The average molecular weight is 420 g/mol. The van der Waals surface area contributed by atoms with Gasteiger partial charge < -0.3 is 19.7 Å². The summed E-state index contributed by atoms with van der Waals surface area (Å²) in [5.74, 6) is 1.32. The van der Waals surface area contributed by atoms with Gasteiger partial charge in [0.1, 0.15) is 0 Å². The van der Waals surface area contributed by atoms with Crippen LogP contribution in [0.15, 0.2) is 16.6 Å². The number of fused-ring (bicyclic) bond motifs is 2. The third-order valence-corrected chi connectivity index (χ3v) is 5.24. The Hall–Kier alpha value is -0.980. The van der Waals surface area contributed by atoms with Crippen LogP contribution in [-0.2, 0) is 0 Å². The molecule has 134 valence electrons. The number of ether oxygens (including phenoxy) is 2. The van der Waals surface area contributed by atoms with Crippen LogP contribution < -0.4 is 14.8 Å². The normalized spacial score (nSPS) is 22.5. The number of methoxy groups -OCH3 is 1. The number of nitrogens with one attached hydrogen (secondary N) is 1. The Balaban J connectivity index is 0.00000208. The minimum atomic E-state index is 0. The first-order chi connectivity index (χ1) is 11.2. The minimum absolute atomic E-state index is 0. The van der Waals surface area contributed by atoms with Crippen LogP contribution >= 0.6 is 28.3 Å². The topological polar surface area (TPSA) is 50.8 Å². The van der Waals surface area contributed by atoms with Crippen LogP contribution in [0, 0.1) is 0 Å². The lowest BCUT2D eigenvalue weighted by atomic mass is 10.1. The van der Waals surface area contributed by atoms with Crippen LogP contribution in [0.2, 0.25) is 0 Å². The monoisotopic (exact) mass is 418 g/mol. The van der Waals surface area contributed by atoms with E-state index in [9.17, 15) is 4.79 Å². The highest BCUT2D eigenvalue weighted by molar-refractivity contribution is 9.10. The van der Waals surface area contributed by atoms with Gasteiger partial charge in [-0.1, -0.05) is 0 Å². The molecule has 2 unspecified atom stereocenters. The largest absolute Gasteiger partial charge is 0.493 e. The average Bonchev–Trinajstić information content (AvgIpc) is 2.81. The van der Waals surface area contributed by atoms with Crippen LogP contribution in [0.4, 0.5) is 0 Å². The van der Waals surface area contributed by atoms with Gasteiger partial charge in [-0.05, 0) is 60.8 Å². The Kier molecular flexibility index (Phi) is 6.78. The first-order valence-corrected chi connectivity index (χ1v) is 8.98. The highest BCUT2D eigenvalue weighted by Gasteiger charge is 2.38. The van der Waals surface area contributed by atoms with Crippen molar-refractivity contribution < 1.29 is 14.3 Å². The van der Waals surface area contributed by atoms with E-state index >= 15 is 0 Å². The number of hydrogen-bond donors (Lipinski definition) is 1. The molecule has 2 heterocycles. The number of halogens is 2. The van der Waals surface area contributed by atoms with E-state index in [4.69, 9.17) is 9.47 Å². The standard InChI is InChI=1S/C17H23BrN2O3.ClH/c1-3-23-16-14(18)8-11(9-15(16)22-2)17(21)20-12-4-5-13(20)10-19-7-6-12;/h8-9,12-13,19H,3-7,10H2,1-2H3;1H. The molecule has 0 aromatic heterocycles. The first kappa shape index (κ1) is 19.3. The fourth-order valence-corrected chi connectivity index (χ4v) is 4.15. The zero-order chi connectivity index (χ0) is 16.4. The van der Waals surface area contributed by atoms with Crippen molar-refractivity contribution in [2.24, 2.45) is 0 Å². The Labute approximate surface area is 157 Å². The predicted molar refractivity (Wildman–Crippen MR) is 99.6 cm³/mol. The van der Waals surface area contributed by atoms with E-state index < -0.39 is 0 Å². The second-order valence-electron chi connectivity index (χ2n) is 6.01. The molecule has 0 aliphatic carbocycles. The Morgan fingerprint density at radius 3 is 2.79 bits per heavy atom. The molecule has 24 heavy (non-hydrogen) atoms. The van der Waals surface area contributed by atoms with Gasteiger partial charge in [0.25, 0.3) is 5.91 Å². The molecule has 7 heteroatoms. The van der Waals surface area contributed by atoms with Gasteiger partial charge in [0.2, 0.25) is 0 Å². The van der Waals surface area contributed by atoms with Crippen LogP contribution in [0.1, 0.15) is 36.5 Å². The molecule has 0 spiro atoms. The number of amides is 1. The molecule has 2 bridgehead atoms. The van der Waals surface area contributed by atoms with Gasteiger partial charge in [-0.25, -0.2) is 0 Å². The molecule has 2 saturated heterocycles. The second-order valence-corrected chi connectivity index (χ2v) is 6.87. The summed E-state index contributed by atoms with van der Waals surface area (Å²) in [5.41, 5.74) is 0.649. The fraction of sp³-hybridized carbons (Fsp3) is 0.588. The van der Waals surface area contributed by atoms with Gasteiger partial charge in [-0.15, -0.1) is 12.4 Å². The molecule has 3 rings (SSSR count). The number of benzene rings is 1. The molecule has 1 aromatic carbocycles. The van der Waals surface area contributed by atoms with Crippen LogP contribution in [0.5, 0.6) is 11.5 Å². The van der Waals surface area contributed by atoms with E-state index in [1.807, 2.05) is 13.0 Å². The Morgan fingerprint density at radius 1 is 1.33 bits per heavy atom. The number of nitrogens with zero attached hydrogens (tertiary/aromatic N) is 1. The van der Waals surface area contributed by atoms with Crippen LogP contribution in [0.25, 0.3) is 0 Å². The number of carbonyl (C=O) groups is 1. The quantitative estimate of drug-likeness (QED) is 0.814. The second kappa shape index (κ2) is 8.41. The highest BCUT2D eigenvalue weighted by Crippen LogP contribution is 2.38. The van der Waals surface area contributed by atoms with Crippen molar-refractivity contribution in [1.82, 2.24) is 10.2 Å². The Morgan fingerprint density at radius 2 is 2.08 bits per heavy atom. The summed E-state index contributed by atoms with van der Waals surface area (Å²) in [6.45, 7) is 4.34.